The number of hydrogen-bond acceptors (Lipinski definition) is 5. The summed E-state index contributed by atoms with van der Waals surface area (Å²) in [4.78, 5) is 4.37. The summed E-state index contributed by atoms with van der Waals surface area (Å²) in [6, 6.07) is 5.59. The highest BCUT2D eigenvalue weighted by Crippen LogP contribution is 2.24. The third-order valence-electron chi connectivity index (χ3n) is 3.12. The molecule has 0 radical (unpaired) electrons. The first-order valence-electron chi connectivity index (χ1n) is 6.18. The molecule has 6 heteroatoms. The number of fused-ring (bicyclic) bond motifs is 1. The maximum Gasteiger partial charge on any atom is 0.261 e. The molecule has 3 heterocycles. The molecule has 0 bridgehead atoms. The number of nitrogens with two attached hydrogens (primary N) is 1. The van der Waals surface area contributed by atoms with Gasteiger partial charge in [0.25, 0.3) is 5.89 Å². The third-order valence-corrected chi connectivity index (χ3v) is 3.12. The molecule has 3 aromatic rings. The summed E-state index contributed by atoms with van der Waals surface area (Å²) in [7, 11) is 0. The van der Waals surface area contributed by atoms with Gasteiger partial charge in [0.15, 0.2) is 5.82 Å². The second kappa shape index (κ2) is 4.47. The van der Waals surface area contributed by atoms with E-state index in [0.29, 0.717) is 11.7 Å². The van der Waals surface area contributed by atoms with Gasteiger partial charge in [-0.2, -0.15) is 10.1 Å². The largest absolute Gasteiger partial charge is 0.334 e. The van der Waals surface area contributed by atoms with Gasteiger partial charge in [0.05, 0.1) is 23.3 Å². The van der Waals surface area contributed by atoms with Crippen molar-refractivity contribution < 1.29 is 4.52 Å². The molecule has 6 nitrogen and oxygen atoms in total. The van der Waals surface area contributed by atoms with Gasteiger partial charge in [0.2, 0.25) is 0 Å². The Morgan fingerprint density at radius 2 is 2.16 bits per heavy atom. The molecular formula is C13H15N5O. The van der Waals surface area contributed by atoms with Crippen LogP contribution in [0.2, 0.25) is 0 Å². The van der Waals surface area contributed by atoms with Crippen molar-refractivity contribution in [3.63, 3.8) is 0 Å². The molecule has 0 saturated carbocycles. The summed E-state index contributed by atoms with van der Waals surface area (Å²) in [6.45, 7) is 4.05. The Labute approximate surface area is 110 Å². The van der Waals surface area contributed by atoms with Crippen LogP contribution in [0.3, 0.4) is 0 Å². The van der Waals surface area contributed by atoms with Gasteiger partial charge >= 0.3 is 0 Å². The molecule has 3 rings (SSSR count). The SMILES string of the molecule is CC(C)C(N)c1noc(-c2cnn3ccccc23)n1. The van der Waals surface area contributed by atoms with Crippen LogP contribution in [-0.2, 0) is 0 Å². The lowest BCUT2D eigenvalue weighted by Gasteiger charge is -2.09. The zero-order valence-corrected chi connectivity index (χ0v) is 10.8. The number of hydrogen-bond donors (Lipinski definition) is 1. The van der Waals surface area contributed by atoms with Gasteiger partial charge < -0.3 is 10.3 Å². The fraction of sp³-hybridized carbons (Fsp3) is 0.308. The van der Waals surface area contributed by atoms with Crippen LogP contribution in [0.5, 0.6) is 0 Å². The second-order valence-electron chi connectivity index (χ2n) is 4.82. The maximum atomic E-state index is 6.01. The van der Waals surface area contributed by atoms with E-state index in [2.05, 4.69) is 15.2 Å². The topological polar surface area (TPSA) is 82.2 Å². The van der Waals surface area contributed by atoms with Crippen molar-refractivity contribution in [1.29, 1.82) is 0 Å². The summed E-state index contributed by atoms with van der Waals surface area (Å²) in [5.41, 5.74) is 7.75. The van der Waals surface area contributed by atoms with Gasteiger partial charge in [-0.15, -0.1) is 0 Å². The predicted molar refractivity (Wildman–Crippen MR) is 70.3 cm³/mol. The molecule has 1 atom stereocenters. The number of aromatic nitrogens is 4. The average Bonchev–Trinajstić information content (AvgIpc) is 3.03. The Hall–Kier alpha value is -2.21. The van der Waals surface area contributed by atoms with E-state index < -0.39 is 0 Å². The summed E-state index contributed by atoms with van der Waals surface area (Å²) in [5.74, 6) is 1.24. The number of pyridine rings is 1. The maximum absolute atomic E-state index is 6.01. The molecule has 0 amide bonds. The highest BCUT2D eigenvalue weighted by Gasteiger charge is 2.19. The lowest BCUT2D eigenvalue weighted by molar-refractivity contribution is 0.400. The molecule has 0 aliphatic rings. The van der Waals surface area contributed by atoms with Crippen LogP contribution in [0.15, 0.2) is 35.1 Å². The van der Waals surface area contributed by atoms with Crippen LogP contribution >= 0.6 is 0 Å². The van der Waals surface area contributed by atoms with E-state index in [-0.39, 0.29) is 12.0 Å². The van der Waals surface area contributed by atoms with Gasteiger partial charge in [0, 0.05) is 6.20 Å². The molecule has 0 fully saturated rings. The lowest BCUT2D eigenvalue weighted by Crippen LogP contribution is -2.18. The molecule has 98 valence electrons. The van der Waals surface area contributed by atoms with Crippen molar-refractivity contribution >= 4 is 5.52 Å². The van der Waals surface area contributed by atoms with E-state index in [0.717, 1.165) is 11.1 Å². The number of rotatable bonds is 3. The Balaban J connectivity index is 2.03. The lowest BCUT2D eigenvalue weighted by atomic mass is 10.1. The molecular weight excluding hydrogens is 242 g/mol. The molecule has 0 aromatic carbocycles. The molecule has 19 heavy (non-hydrogen) atoms. The van der Waals surface area contributed by atoms with Crippen molar-refractivity contribution in [2.45, 2.75) is 19.9 Å². The Bertz CT molecular complexity index is 700. The minimum absolute atomic E-state index is 0.223. The number of nitrogens with zero attached hydrogens (tertiary/aromatic N) is 4. The highest BCUT2D eigenvalue weighted by molar-refractivity contribution is 5.74. The fourth-order valence-corrected chi connectivity index (χ4v) is 1.88. The monoisotopic (exact) mass is 257 g/mol. The summed E-state index contributed by atoms with van der Waals surface area (Å²) in [5, 5.41) is 8.19. The van der Waals surface area contributed by atoms with Gasteiger partial charge in [-0.1, -0.05) is 25.1 Å². The first-order valence-corrected chi connectivity index (χ1v) is 6.18. The van der Waals surface area contributed by atoms with Crippen molar-refractivity contribution in [3.8, 4) is 11.5 Å². The predicted octanol–water partition coefficient (Wildman–Crippen LogP) is 2.04. The van der Waals surface area contributed by atoms with Crippen LogP contribution in [0.4, 0.5) is 0 Å². The van der Waals surface area contributed by atoms with Crippen molar-refractivity contribution in [3.05, 3.63) is 36.4 Å². The first kappa shape index (κ1) is 11.9. The molecule has 3 aromatic heterocycles. The molecule has 1 unspecified atom stereocenters. The van der Waals surface area contributed by atoms with E-state index in [1.807, 2.05) is 38.2 Å². The minimum atomic E-state index is -0.223. The standard InChI is InChI=1S/C13H15N5O/c1-8(2)11(14)12-16-13(19-17-12)9-7-15-18-6-4-3-5-10(9)18/h3-8,11H,14H2,1-2H3. The van der Waals surface area contributed by atoms with E-state index >= 15 is 0 Å². The van der Waals surface area contributed by atoms with Gasteiger partial charge in [0.1, 0.15) is 0 Å². The van der Waals surface area contributed by atoms with E-state index in [9.17, 15) is 0 Å². The summed E-state index contributed by atoms with van der Waals surface area (Å²) in [6.07, 6.45) is 3.59. The van der Waals surface area contributed by atoms with Crippen molar-refractivity contribution in [2.75, 3.05) is 0 Å². The van der Waals surface area contributed by atoms with Crippen molar-refractivity contribution in [1.82, 2.24) is 19.8 Å². The average molecular weight is 257 g/mol. The van der Waals surface area contributed by atoms with Crippen molar-refractivity contribution in [2.24, 2.45) is 11.7 Å². The van der Waals surface area contributed by atoms with Crippen LogP contribution < -0.4 is 5.73 Å². The Kier molecular flexibility index (Phi) is 2.79. The fourth-order valence-electron chi connectivity index (χ4n) is 1.88. The van der Waals surface area contributed by atoms with Gasteiger partial charge in [-0.3, -0.25) is 0 Å². The van der Waals surface area contributed by atoms with E-state index in [4.69, 9.17) is 10.3 Å². The zero-order valence-electron chi connectivity index (χ0n) is 10.8. The third kappa shape index (κ3) is 2.00. The molecule has 0 saturated heterocycles. The normalized spacial score (nSPS) is 13.3. The van der Waals surface area contributed by atoms with Crippen LogP contribution in [0.25, 0.3) is 17.0 Å². The second-order valence-corrected chi connectivity index (χ2v) is 4.82. The van der Waals surface area contributed by atoms with Gasteiger partial charge in [-0.25, -0.2) is 4.52 Å². The van der Waals surface area contributed by atoms with E-state index in [1.165, 1.54) is 0 Å². The molecule has 0 spiro atoms. The van der Waals surface area contributed by atoms with Gasteiger partial charge in [-0.05, 0) is 18.1 Å². The summed E-state index contributed by atoms with van der Waals surface area (Å²) >= 11 is 0. The van der Waals surface area contributed by atoms with E-state index in [1.54, 1.807) is 10.7 Å². The quantitative estimate of drug-likeness (QED) is 0.776. The minimum Gasteiger partial charge on any atom is -0.334 e. The van der Waals surface area contributed by atoms with Crippen LogP contribution in [-0.4, -0.2) is 19.8 Å². The summed E-state index contributed by atoms with van der Waals surface area (Å²) < 4.78 is 7.06. The Morgan fingerprint density at radius 1 is 1.32 bits per heavy atom. The molecule has 0 aliphatic heterocycles. The highest BCUT2D eigenvalue weighted by atomic mass is 16.5. The zero-order chi connectivity index (χ0) is 13.4. The molecule has 2 N–H and O–H groups in total. The molecule has 0 aliphatic carbocycles. The van der Waals surface area contributed by atoms with Crippen LogP contribution in [0.1, 0.15) is 25.7 Å². The smallest absolute Gasteiger partial charge is 0.261 e. The van der Waals surface area contributed by atoms with Crippen LogP contribution in [0, 0.1) is 5.92 Å². The Morgan fingerprint density at radius 3 is 2.95 bits per heavy atom. The first-order chi connectivity index (χ1) is 9.16.